The summed E-state index contributed by atoms with van der Waals surface area (Å²) in [6.07, 6.45) is 4.35. The molecule has 2 saturated heterocycles. The van der Waals surface area contributed by atoms with Gasteiger partial charge in [-0.2, -0.15) is 0 Å². The van der Waals surface area contributed by atoms with Crippen LogP contribution < -0.4 is 10.2 Å². The van der Waals surface area contributed by atoms with Crippen LogP contribution >= 0.6 is 0 Å². The molecule has 1 aromatic carbocycles. The summed E-state index contributed by atoms with van der Waals surface area (Å²) < 4.78 is 0. The average molecular weight is 419 g/mol. The number of hydrogen-bond acceptors (Lipinski definition) is 6. The molecule has 31 heavy (non-hydrogen) atoms. The van der Waals surface area contributed by atoms with Gasteiger partial charge in [-0.1, -0.05) is 12.1 Å². The van der Waals surface area contributed by atoms with E-state index in [1.807, 2.05) is 24.4 Å². The van der Waals surface area contributed by atoms with Gasteiger partial charge in [0.1, 0.15) is 6.04 Å². The van der Waals surface area contributed by atoms with Gasteiger partial charge in [0.2, 0.25) is 11.8 Å². The smallest absolute Gasteiger partial charge is 0.255 e. The molecule has 5 rings (SSSR count). The first kappa shape index (κ1) is 19.7. The number of pyridine rings is 1. The summed E-state index contributed by atoms with van der Waals surface area (Å²) >= 11 is 0. The number of rotatable bonds is 4. The van der Waals surface area contributed by atoms with Crippen molar-refractivity contribution in [1.82, 2.24) is 20.1 Å². The van der Waals surface area contributed by atoms with Crippen molar-refractivity contribution in [2.45, 2.75) is 32.0 Å². The van der Waals surface area contributed by atoms with Crippen LogP contribution in [0.4, 0.5) is 5.69 Å². The van der Waals surface area contributed by atoms with Crippen LogP contribution in [0.2, 0.25) is 0 Å². The molecule has 4 heterocycles. The van der Waals surface area contributed by atoms with Gasteiger partial charge in [-0.25, -0.2) is 0 Å². The van der Waals surface area contributed by atoms with Crippen LogP contribution in [0, 0.1) is 0 Å². The molecular weight excluding hydrogens is 394 g/mol. The number of fused-ring (bicyclic) bond motifs is 1. The maximum Gasteiger partial charge on any atom is 0.255 e. The van der Waals surface area contributed by atoms with Crippen molar-refractivity contribution in [3.05, 3.63) is 59.4 Å². The largest absolute Gasteiger partial charge is 0.368 e. The first-order valence-electron chi connectivity index (χ1n) is 10.7. The maximum absolute atomic E-state index is 12.8. The Morgan fingerprint density at radius 1 is 1.06 bits per heavy atom. The molecule has 1 N–H and O–H groups in total. The van der Waals surface area contributed by atoms with Crippen molar-refractivity contribution >= 4 is 23.4 Å². The summed E-state index contributed by atoms with van der Waals surface area (Å²) in [5.74, 6) is -0.762. The fourth-order valence-electron chi connectivity index (χ4n) is 4.69. The quantitative estimate of drug-likeness (QED) is 0.749. The number of nitrogens with one attached hydrogen (secondary N) is 1. The number of nitrogens with zero attached hydrogens (tertiary/aromatic N) is 4. The summed E-state index contributed by atoms with van der Waals surface area (Å²) in [5.41, 5.74) is 3.95. The second kappa shape index (κ2) is 8.11. The van der Waals surface area contributed by atoms with Gasteiger partial charge >= 0.3 is 0 Å². The maximum atomic E-state index is 12.8. The van der Waals surface area contributed by atoms with E-state index in [2.05, 4.69) is 32.2 Å². The molecule has 1 atom stereocenters. The molecular formula is C23H25N5O3. The molecule has 3 aliphatic rings. The zero-order valence-corrected chi connectivity index (χ0v) is 17.3. The lowest BCUT2D eigenvalue weighted by Gasteiger charge is -2.36. The molecule has 2 aromatic rings. The number of piperazine rings is 1. The van der Waals surface area contributed by atoms with Crippen molar-refractivity contribution in [1.29, 1.82) is 0 Å². The molecule has 1 unspecified atom stereocenters. The second-order valence-electron chi connectivity index (χ2n) is 8.37. The summed E-state index contributed by atoms with van der Waals surface area (Å²) in [6.45, 7) is 5.10. The molecule has 0 radical (unpaired) electrons. The normalized spacial score (nSPS) is 21.9. The van der Waals surface area contributed by atoms with Crippen LogP contribution in [0.25, 0.3) is 0 Å². The first-order valence-corrected chi connectivity index (χ1v) is 10.7. The first-order chi connectivity index (χ1) is 15.1. The molecule has 0 bridgehead atoms. The minimum absolute atomic E-state index is 0.124. The molecule has 0 saturated carbocycles. The topological polar surface area (TPSA) is 85.9 Å². The Kier molecular flexibility index (Phi) is 5.15. The van der Waals surface area contributed by atoms with E-state index in [1.54, 1.807) is 11.1 Å². The van der Waals surface area contributed by atoms with Gasteiger partial charge in [0.05, 0.1) is 11.9 Å². The van der Waals surface area contributed by atoms with Crippen LogP contribution in [0.5, 0.6) is 0 Å². The number of amides is 3. The van der Waals surface area contributed by atoms with E-state index in [9.17, 15) is 14.4 Å². The van der Waals surface area contributed by atoms with E-state index in [4.69, 9.17) is 0 Å². The number of benzene rings is 1. The fourth-order valence-corrected chi connectivity index (χ4v) is 4.69. The van der Waals surface area contributed by atoms with E-state index in [-0.39, 0.29) is 24.1 Å². The predicted octanol–water partition coefficient (Wildman–Crippen LogP) is 1.16. The SMILES string of the molecule is O=C1CCC(N2Cc3cc(CN4CCN(c5cccnc5)CC4)ccc3C2=O)C(=O)N1. The van der Waals surface area contributed by atoms with Crippen LogP contribution in [-0.4, -0.2) is 64.7 Å². The van der Waals surface area contributed by atoms with E-state index < -0.39 is 6.04 Å². The Morgan fingerprint density at radius 3 is 2.65 bits per heavy atom. The van der Waals surface area contributed by atoms with Crippen molar-refractivity contribution < 1.29 is 14.4 Å². The van der Waals surface area contributed by atoms with Crippen molar-refractivity contribution in [3.8, 4) is 0 Å². The lowest BCUT2D eigenvalue weighted by atomic mass is 10.0. The van der Waals surface area contributed by atoms with E-state index in [0.717, 1.165) is 44.0 Å². The minimum Gasteiger partial charge on any atom is -0.368 e. The zero-order valence-electron chi connectivity index (χ0n) is 17.3. The molecule has 8 heteroatoms. The highest BCUT2D eigenvalue weighted by atomic mass is 16.2. The molecule has 1 aromatic heterocycles. The third-order valence-electron chi connectivity index (χ3n) is 6.38. The Labute approximate surface area is 180 Å². The number of hydrogen-bond donors (Lipinski definition) is 1. The number of carbonyl (C=O) groups excluding carboxylic acids is 3. The Morgan fingerprint density at radius 2 is 1.90 bits per heavy atom. The summed E-state index contributed by atoms with van der Waals surface area (Å²) in [6, 6.07) is 9.47. The van der Waals surface area contributed by atoms with Gasteiger partial charge in [-0.15, -0.1) is 0 Å². The van der Waals surface area contributed by atoms with Gasteiger partial charge < -0.3 is 9.80 Å². The second-order valence-corrected chi connectivity index (χ2v) is 8.37. The molecule has 3 amide bonds. The molecule has 3 aliphatic heterocycles. The van der Waals surface area contributed by atoms with Gasteiger partial charge in [0.15, 0.2) is 0 Å². The van der Waals surface area contributed by atoms with Crippen LogP contribution in [-0.2, 0) is 22.7 Å². The predicted molar refractivity (Wildman–Crippen MR) is 114 cm³/mol. The highest BCUT2D eigenvalue weighted by Gasteiger charge is 2.39. The highest BCUT2D eigenvalue weighted by molar-refractivity contribution is 6.05. The van der Waals surface area contributed by atoms with Crippen LogP contribution in [0.1, 0.15) is 34.3 Å². The van der Waals surface area contributed by atoms with E-state index >= 15 is 0 Å². The Balaban J connectivity index is 1.22. The van der Waals surface area contributed by atoms with Crippen molar-refractivity contribution in [3.63, 3.8) is 0 Å². The zero-order chi connectivity index (χ0) is 21.4. The summed E-state index contributed by atoms with van der Waals surface area (Å²) in [4.78, 5) is 47.0. The van der Waals surface area contributed by atoms with Gasteiger partial charge in [0, 0.05) is 57.4 Å². The Hall–Kier alpha value is -3.26. The van der Waals surface area contributed by atoms with Gasteiger partial charge in [-0.05, 0) is 35.7 Å². The molecule has 0 aliphatic carbocycles. The van der Waals surface area contributed by atoms with Gasteiger partial charge in [-0.3, -0.25) is 29.6 Å². The number of piperidine rings is 1. The summed E-state index contributed by atoms with van der Waals surface area (Å²) in [5, 5.41) is 2.35. The Bertz CT molecular complexity index is 1020. The monoisotopic (exact) mass is 419 g/mol. The van der Waals surface area contributed by atoms with E-state index in [1.165, 1.54) is 5.56 Å². The molecule has 160 valence electrons. The van der Waals surface area contributed by atoms with Crippen LogP contribution in [0.15, 0.2) is 42.7 Å². The van der Waals surface area contributed by atoms with Gasteiger partial charge in [0.25, 0.3) is 5.91 Å². The molecule has 2 fully saturated rings. The highest BCUT2D eigenvalue weighted by Crippen LogP contribution is 2.28. The van der Waals surface area contributed by atoms with Crippen molar-refractivity contribution in [2.24, 2.45) is 0 Å². The lowest BCUT2D eigenvalue weighted by Crippen LogP contribution is -2.52. The summed E-state index contributed by atoms with van der Waals surface area (Å²) in [7, 11) is 0. The third-order valence-corrected chi connectivity index (χ3v) is 6.38. The number of aromatic nitrogens is 1. The number of anilines is 1. The molecule has 0 spiro atoms. The number of carbonyl (C=O) groups is 3. The standard InChI is InChI=1S/C23H25N5O3/c29-21-6-5-20(22(30)25-21)28-15-17-12-16(3-4-19(17)23(28)31)14-26-8-10-27(11-9-26)18-2-1-7-24-13-18/h1-4,7,12-13,20H,5-6,8-11,14-15H2,(H,25,29,30). The van der Waals surface area contributed by atoms with Crippen LogP contribution in [0.3, 0.4) is 0 Å². The molecule has 8 nitrogen and oxygen atoms in total. The minimum atomic E-state index is -0.568. The lowest BCUT2D eigenvalue weighted by molar-refractivity contribution is -0.136. The fraction of sp³-hybridized carbons (Fsp3) is 0.391. The van der Waals surface area contributed by atoms with E-state index in [0.29, 0.717) is 18.5 Å². The number of imide groups is 1. The van der Waals surface area contributed by atoms with Crippen molar-refractivity contribution in [2.75, 3.05) is 31.1 Å². The third kappa shape index (κ3) is 3.90. The average Bonchev–Trinajstić information content (AvgIpc) is 3.10.